The van der Waals surface area contributed by atoms with Gasteiger partial charge >= 0.3 is 0 Å². The first kappa shape index (κ1) is 46.0. The number of fused-ring (bicyclic) bond motifs is 21. The Balaban J connectivity index is 0.954. The van der Waals surface area contributed by atoms with Crippen molar-refractivity contribution in [1.82, 2.24) is 0 Å². The molecule has 2 aliphatic heterocycles. The molecule has 3 nitrogen and oxygen atoms in total. The molecule has 384 valence electrons. The monoisotopic (exact) mass is 1040 g/mol. The van der Waals surface area contributed by atoms with E-state index in [1.54, 1.807) is 0 Å². The highest BCUT2D eigenvalue weighted by molar-refractivity contribution is 7.26. The summed E-state index contributed by atoms with van der Waals surface area (Å²) in [7, 11) is 0. The Labute approximate surface area is 467 Å². The number of ether oxygens (including phenoxy) is 2. The Bertz CT molecular complexity index is 4140. The highest BCUT2D eigenvalue weighted by atomic mass is 32.1. The van der Waals surface area contributed by atoms with Crippen LogP contribution in [0.5, 0.6) is 23.0 Å². The van der Waals surface area contributed by atoms with Crippen molar-refractivity contribution in [3.05, 3.63) is 261 Å². The van der Waals surface area contributed by atoms with Crippen LogP contribution in [-0.4, -0.2) is 0 Å². The fourth-order valence-electron chi connectivity index (χ4n) is 16.2. The van der Waals surface area contributed by atoms with Crippen LogP contribution in [0.4, 0.5) is 17.1 Å². The Morgan fingerprint density at radius 2 is 0.987 bits per heavy atom. The molecule has 2 fully saturated rings. The maximum Gasteiger partial charge on any atom is 0.132 e. The Morgan fingerprint density at radius 3 is 1.66 bits per heavy atom. The van der Waals surface area contributed by atoms with Crippen LogP contribution in [0.15, 0.2) is 206 Å². The number of para-hydroxylation sites is 2. The number of rotatable bonds is 5. The Kier molecular flexibility index (Phi) is 10.2. The largest absolute Gasteiger partial charge is 0.457 e. The standard InChI is InChI=1S/C75H61NO2S/c1-46-31-38-60-58(41-46)55-37-35-52(45-64(55)74(60)61-25-11-13-28-68(61)77-69-29-14-12-26-62(69)74)76(67-27-16-23-57-56-22-9-15-30-72(56)79-73(57)67)51-34-36-54-53-21-8-10-24-59(53)75(63(54)44-51)65-42-49(47-17-4-2-5-18-47)32-39-70(65)78-71-40-33-50(43-66(71)75)48-19-6-3-7-20-48/h8-16,21-30,32-48H,2-7,17-20,31H2,1H3. The van der Waals surface area contributed by atoms with Crippen molar-refractivity contribution in [3.8, 4) is 34.1 Å². The van der Waals surface area contributed by atoms with Gasteiger partial charge in [0.2, 0.25) is 0 Å². The summed E-state index contributed by atoms with van der Waals surface area (Å²) in [5, 5.41) is 2.58. The second-order valence-electron chi connectivity index (χ2n) is 23.9. The van der Waals surface area contributed by atoms with Gasteiger partial charge in [-0.1, -0.05) is 185 Å². The van der Waals surface area contributed by atoms with Gasteiger partial charge in [0.1, 0.15) is 23.0 Å². The summed E-state index contributed by atoms with van der Waals surface area (Å²) >= 11 is 1.91. The molecule has 2 saturated carbocycles. The highest BCUT2D eigenvalue weighted by Crippen LogP contribution is 2.67. The molecule has 9 aromatic carbocycles. The first-order chi connectivity index (χ1) is 39.1. The fourth-order valence-corrected chi connectivity index (χ4v) is 17.4. The maximum atomic E-state index is 7.24. The van der Waals surface area contributed by atoms with E-state index in [0.717, 1.165) is 40.8 Å². The molecule has 7 aliphatic rings. The summed E-state index contributed by atoms with van der Waals surface area (Å²) < 4.78 is 16.7. The molecule has 1 unspecified atom stereocenters. The summed E-state index contributed by atoms with van der Waals surface area (Å²) in [4.78, 5) is 2.62. The van der Waals surface area contributed by atoms with Crippen molar-refractivity contribution in [2.45, 2.75) is 100 Å². The van der Waals surface area contributed by atoms with Gasteiger partial charge in [-0.15, -0.1) is 11.3 Å². The van der Waals surface area contributed by atoms with Crippen molar-refractivity contribution in [2.24, 2.45) is 5.92 Å². The zero-order chi connectivity index (χ0) is 52.0. The van der Waals surface area contributed by atoms with E-state index in [-0.39, 0.29) is 0 Å². The Morgan fingerprint density at radius 1 is 0.443 bits per heavy atom. The van der Waals surface area contributed by atoms with E-state index in [9.17, 15) is 0 Å². The molecule has 0 amide bonds. The number of anilines is 3. The third kappa shape index (κ3) is 6.53. The topological polar surface area (TPSA) is 21.7 Å². The van der Waals surface area contributed by atoms with Crippen molar-refractivity contribution in [3.63, 3.8) is 0 Å². The number of hydrogen-bond donors (Lipinski definition) is 0. The van der Waals surface area contributed by atoms with E-state index in [0.29, 0.717) is 17.8 Å². The molecule has 0 radical (unpaired) electrons. The summed E-state index contributed by atoms with van der Waals surface area (Å²) in [6, 6.07) is 72.5. The predicted molar refractivity (Wildman–Crippen MR) is 326 cm³/mol. The summed E-state index contributed by atoms with van der Waals surface area (Å²) in [6.07, 6.45) is 18.9. The second-order valence-corrected chi connectivity index (χ2v) is 24.9. The van der Waals surface area contributed by atoms with Crippen LogP contribution in [0.2, 0.25) is 0 Å². The lowest BCUT2D eigenvalue weighted by atomic mass is 9.64. The lowest BCUT2D eigenvalue weighted by Crippen LogP contribution is -2.33. The Hall–Kier alpha value is -7.92. The van der Waals surface area contributed by atoms with Crippen LogP contribution in [-0.2, 0) is 10.8 Å². The molecule has 0 N–H and O–H groups in total. The quantitative estimate of drug-likeness (QED) is 0.171. The van der Waals surface area contributed by atoms with Crippen LogP contribution in [0.1, 0.15) is 145 Å². The molecule has 5 aliphatic carbocycles. The molecular weight excluding hydrogens is 979 g/mol. The van der Waals surface area contributed by atoms with E-state index in [1.807, 2.05) is 11.3 Å². The summed E-state index contributed by atoms with van der Waals surface area (Å²) in [5.41, 5.74) is 20.7. The summed E-state index contributed by atoms with van der Waals surface area (Å²) in [6.45, 7) is 2.36. The summed E-state index contributed by atoms with van der Waals surface area (Å²) in [5.74, 6) is 5.29. The van der Waals surface area contributed by atoms with Crippen LogP contribution < -0.4 is 14.4 Å². The molecule has 1 atom stereocenters. The van der Waals surface area contributed by atoms with Gasteiger partial charge in [0.15, 0.2) is 0 Å². The van der Waals surface area contributed by atoms with Crippen LogP contribution >= 0.6 is 11.3 Å². The first-order valence-corrected chi connectivity index (χ1v) is 30.2. The normalized spacial score (nSPS) is 19.0. The molecule has 4 heteroatoms. The van der Waals surface area contributed by atoms with Gasteiger partial charge in [0.05, 0.1) is 21.2 Å². The van der Waals surface area contributed by atoms with Gasteiger partial charge in [-0.3, -0.25) is 0 Å². The van der Waals surface area contributed by atoms with Gasteiger partial charge in [-0.25, -0.2) is 0 Å². The maximum absolute atomic E-state index is 7.24. The highest BCUT2D eigenvalue weighted by Gasteiger charge is 2.55. The minimum atomic E-state index is -0.627. The van der Waals surface area contributed by atoms with Crippen molar-refractivity contribution in [1.29, 1.82) is 0 Å². The molecule has 0 bridgehead atoms. The van der Waals surface area contributed by atoms with Gasteiger partial charge in [0, 0.05) is 49.1 Å². The van der Waals surface area contributed by atoms with E-state index in [2.05, 4.69) is 212 Å². The smallest absolute Gasteiger partial charge is 0.132 e. The average molecular weight is 1040 g/mol. The molecule has 79 heavy (non-hydrogen) atoms. The lowest BCUT2D eigenvalue weighted by Gasteiger charge is -2.41. The fraction of sp³-hybridized carbons (Fsp3) is 0.227. The first-order valence-electron chi connectivity index (χ1n) is 29.4. The minimum Gasteiger partial charge on any atom is -0.457 e. The van der Waals surface area contributed by atoms with Gasteiger partial charge in [-0.05, 0) is 166 Å². The second kappa shape index (κ2) is 17.5. The van der Waals surface area contributed by atoms with E-state index < -0.39 is 10.8 Å². The van der Waals surface area contributed by atoms with E-state index in [4.69, 9.17) is 9.47 Å². The van der Waals surface area contributed by atoms with Crippen LogP contribution in [0.3, 0.4) is 0 Å². The molecule has 2 spiro atoms. The SMILES string of the molecule is CC1C=C2C(=CC1)C1(c3ccccc3Oc3ccccc31)c1cc(N(c3ccc4c(c3)C3(c5cc(C6CCCCC6)ccc5Oc5ccc(C6CCCCC6)cc53)c3ccccc3-4)c3cccc4c3sc3ccccc34)ccc12. The third-order valence-corrected chi connectivity index (χ3v) is 20.9. The minimum absolute atomic E-state index is 0.426. The molecule has 10 aromatic rings. The number of allylic oxidation sites excluding steroid dienone is 4. The number of benzene rings is 9. The van der Waals surface area contributed by atoms with Gasteiger partial charge < -0.3 is 14.4 Å². The number of nitrogens with zero attached hydrogens (tertiary/aromatic N) is 1. The average Bonchev–Trinajstić information content (AvgIpc) is 3.19. The predicted octanol–water partition coefficient (Wildman–Crippen LogP) is 20.9. The van der Waals surface area contributed by atoms with Crippen molar-refractivity contribution >= 4 is 54.1 Å². The lowest BCUT2D eigenvalue weighted by molar-refractivity contribution is 0.424. The van der Waals surface area contributed by atoms with Crippen molar-refractivity contribution in [2.75, 3.05) is 4.90 Å². The molecule has 3 heterocycles. The zero-order valence-electron chi connectivity index (χ0n) is 44.7. The van der Waals surface area contributed by atoms with E-state index in [1.165, 1.54) is 168 Å². The third-order valence-electron chi connectivity index (χ3n) is 19.7. The van der Waals surface area contributed by atoms with E-state index >= 15 is 0 Å². The number of hydrogen-bond acceptors (Lipinski definition) is 4. The molecule has 17 rings (SSSR count). The van der Waals surface area contributed by atoms with Crippen LogP contribution in [0, 0.1) is 5.92 Å². The van der Waals surface area contributed by atoms with Gasteiger partial charge in [-0.2, -0.15) is 0 Å². The molecular formula is C75H61NO2S. The molecule has 1 aromatic heterocycles. The zero-order valence-corrected chi connectivity index (χ0v) is 45.6. The molecule has 0 saturated heterocycles. The van der Waals surface area contributed by atoms with Gasteiger partial charge in [0.25, 0.3) is 0 Å². The number of thiophene rings is 1. The van der Waals surface area contributed by atoms with Crippen molar-refractivity contribution < 1.29 is 9.47 Å². The van der Waals surface area contributed by atoms with Crippen LogP contribution in [0.25, 0.3) is 36.9 Å².